The van der Waals surface area contributed by atoms with Gasteiger partial charge in [-0.25, -0.2) is 0 Å². The molecular weight excluding hydrogens is 574 g/mol. The number of rotatable bonds is 12. The third-order valence-electron chi connectivity index (χ3n) is 9.79. The van der Waals surface area contributed by atoms with E-state index in [2.05, 4.69) is 42.4 Å². The maximum absolute atomic E-state index is 14.0. The van der Waals surface area contributed by atoms with E-state index < -0.39 is 17.4 Å². The highest BCUT2D eigenvalue weighted by atomic mass is 16.5. The van der Waals surface area contributed by atoms with Crippen LogP contribution in [-0.2, 0) is 19.1 Å². The van der Waals surface area contributed by atoms with Gasteiger partial charge in [0.15, 0.2) is 5.78 Å². The summed E-state index contributed by atoms with van der Waals surface area (Å²) in [6.45, 7) is 17.1. The van der Waals surface area contributed by atoms with E-state index in [1.165, 1.54) is 0 Å². The average Bonchev–Trinajstić information content (AvgIpc) is 3.55. The minimum atomic E-state index is -1.18. The summed E-state index contributed by atoms with van der Waals surface area (Å²) in [5.74, 6) is 1.01. The lowest BCUT2D eigenvalue weighted by atomic mass is 9.72. The first-order chi connectivity index (χ1) is 21.7. The number of Topliss-reactive ketones (excluding diaryl/α,β-unsaturated/α-hetero) is 1. The molecule has 250 valence electrons. The van der Waals surface area contributed by atoms with Gasteiger partial charge in [0, 0.05) is 58.9 Å². The Labute approximate surface area is 268 Å². The number of nitrogens with zero attached hydrogens (tertiary/aromatic N) is 7. The summed E-state index contributed by atoms with van der Waals surface area (Å²) in [5.41, 5.74) is -0.671. The minimum absolute atomic E-state index is 0.0718. The van der Waals surface area contributed by atoms with Gasteiger partial charge in [0.2, 0.25) is 17.8 Å². The van der Waals surface area contributed by atoms with Crippen LogP contribution in [0.4, 0.5) is 17.6 Å². The van der Waals surface area contributed by atoms with Crippen molar-refractivity contribution in [2.24, 2.45) is 5.41 Å². The van der Waals surface area contributed by atoms with Crippen LogP contribution in [0, 0.1) is 5.41 Å². The summed E-state index contributed by atoms with van der Waals surface area (Å²) in [5, 5.41) is 0. The van der Waals surface area contributed by atoms with Gasteiger partial charge in [-0.1, -0.05) is 19.3 Å². The molecule has 3 fully saturated rings. The number of carbonyl (C=O) groups is 4. The zero-order chi connectivity index (χ0) is 32.7. The van der Waals surface area contributed by atoms with Gasteiger partial charge in [-0.15, -0.1) is 0 Å². The van der Waals surface area contributed by atoms with E-state index in [1.54, 1.807) is 18.7 Å². The topological polar surface area (TPSA) is 119 Å². The van der Waals surface area contributed by atoms with Crippen LogP contribution in [0.5, 0.6) is 0 Å². The molecule has 1 aromatic heterocycles. The number of esters is 1. The molecule has 0 bridgehead atoms. The Morgan fingerprint density at radius 1 is 0.822 bits per heavy atom. The number of hydrogen-bond acceptors (Lipinski definition) is 10. The quantitative estimate of drug-likeness (QED) is 0.193. The van der Waals surface area contributed by atoms with Crippen LogP contribution in [-0.4, -0.2) is 115 Å². The Kier molecular flexibility index (Phi) is 11.7. The standard InChI is InChI=1S/C33H53N7O5/c1-7-36(8-2)27-26(24(6)41)28(35-32(34-27)37(9-3)10-4)38-20-22-39(23-21-38)29(42)25-16-15-19-40(25)30(43)33(31(44)45-11-5)17-13-12-14-18-33/h25H,7-23H2,1-6H3. The van der Waals surface area contributed by atoms with Crippen molar-refractivity contribution in [1.29, 1.82) is 0 Å². The van der Waals surface area contributed by atoms with Crippen LogP contribution in [0.3, 0.4) is 0 Å². The highest BCUT2D eigenvalue weighted by Gasteiger charge is 2.52. The number of piperazine rings is 1. The molecule has 3 heterocycles. The second-order valence-corrected chi connectivity index (χ2v) is 12.3. The van der Waals surface area contributed by atoms with Gasteiger partial charge in [-0.2, -0.15) is 9.97 Å². The van der Waals surface area contributed by atoms with Gasteiger partial charge in [0.1, 0.15) is 28.7 Å². The van der Waals surface area contributed by atoms with Gasteiger partial charge < -0.3 is 29.2 Å². The minimum Gasteiger partial charge on any atom is -0.465 e. The fraction of sp³-hybridized carbons (Fsp3) is 0.758. The molecular formula is C33H53N7O5. The normalized spacial score (nSPS) is 19.8. The molecule has 2 amide bonds. The molecule has 0 radical (unpaired) electrons. The van der Waals surface area contributed by atoms with Crippen molar-refractivity contribution >= 4 is 41.2 Å². The number of ketones is 1. The predicted octanol–water partition coefficient (Wildman–Crippen LogP) is 3.52. The van der Waals surface area contributed by atoms with E-state index in [9.17, 15) is 19.2 Å². The van der Waals surface area contributed by atoms with Crippen LogP contribution in [0.1, 0.15) is 96.8 Å². The summed E-state index contributed by atoms with van der Waals surface area (Å²) in [6, 6.07) is -0.576. The van der Waals surface area contributed by atoms with Crippen molar-refractivity contribution in [2.45, 2.75) is 92.5 Å². The van der Waals surface area contributed by atoms with E-state index in [1.807, 2.05) is 4.90 Å². The Morgan fingerprint density at radius 3 is 2.00 bits per heavy atom. The summed E-state index contributed by atoms with van der Waals surface area (Å²) in [6.07, 6.45) is 4.86. The Balaban J connectivity index is 1.56. The molecule has 1 aromatic rings. The molecule has 0 aromatic carbocycles. The second-order valence-electron chi connectivity index (χ2n) is 12.3. The lowest BCUT2D eigenvalue weighted by molar-refractivity contribution is -0.169. The number of amides is 2. The van der Waals surface area contributed by atoms with Gasteiger partial charge in [-0.3, -0.25) is 19.2 Å². The third-order valence-corrected chi connectivity index (χ3v) is 9.79. The first-order valence-electron chi connectivity index (χ1n) is 17.1. The molecule has 4 rings (SSSR count). The van der Waals surface area contributed by atoms with Crippen molar-refractivity contribution in [3.8, 4) is 0 Å². The molecule has 0 spiro atoms. The van der Waals surface area contributed by atoms with Crippen molar-refractivity contribution in [3.05, 3.63) is 5.56 Å². The number of ether oxygens (including phenoxy) is 1. The van der Waals surface area contributed by atoms with Crippen molar-refractivity contribution in [1.82, 2.24) is 19.8 Å². The zero-order valence-corrected chi connectivity index (χ0v) is 28.3. The summed E-state index contributed by atoms with van der Waals surface area (Å²) in [4.78, 5) is 73.8. The highest BCUT2D eigenvalue weighted by Crippen LogP contribution is 2.41. The maximum atomic E-state index is 14.0. The van der Waals surface area contributed by atoms with Gasteiger partial charge in [-0.05, 0) is 67.2 Å². The van der Waals surface area contributed by atoms with Crippen molar-refractivity contribution in [2.75, 3.05) is 80.2 Å². The predicted molar refractivity (Wildman–Crippen MR) is 175 cm³/mol. The Hall–Kier alpha value is -3.44. The molecule has 1 unspecified atom stereocenters. The van der Waals surface area contributed by atoms with E-state index in [0.29, 0.717) is 88.2 Å². The first kappa shape index (κ1) is 34.4. The Bertz CT molecular complexity index is 1220. The van der Waals surface area contributed by atoms with E-state index in [-0.39, 0.29) is 24.2 Å². The second kappa shape index (κ2) is 15.2. The fourth-order valence-corrected chi connectivity index (χ4v) is 7.19. The molecule has 1 saturated carbocycles. The number of hydrogen-bond donors (Lipinski definition) is 0. The largest absolute Gasteiger partial charge is 0.465 e. The molecule has 0 N–H and O–H groups in total. The van der Waals surface area contributed by atoms with Crippen LogP contribution in [0.25, 0.3) is 0 Å². The SMILES string of the molecule is CCOC(=O)C1(C(=O)N2CCCC2C(=O)N2CCN(c3nc(N(CC)CC)nc(N(CC)CC)c3C(C)=O)CC2)CCCCC1. The summed E-state index contributed by atoms with van der Waals surface area (Å²) >= 11 is 0. The molecule has 45 heavy (non-hydrogen) atoms. The molecule has 3 aliphatic rings. The lowest BCUT2D eigenvalue weighted by Crippen LogP contribution is -2.58. The molecule has 1 atom stereocenters. The number of likely N-dealkylation sites (tertiary alicyclic amines) is 1. The maximum Gasteiger partial charge on any atom is 0.321 e. The molecule has 12 nitrogen and oxygen atoms in total. The average molecular weight is 628 g/mol. The van der Waals surface area contributed by atoms with E-state index in [4.69, 9.17) is 14.7 Å². The lowest BCUT2D eigenvalue weighted by Gasteiger charge is -2.41. The smallest absolute Gasteiger partial charge is 0.321 e. The molecule has 1 aliphatic carbocycles. The summed E-state index contributed by atoms with van der Waals surface area (Å²) in [7, 11) is 0. The van der Waals surface area contributed by atoms with E-state index >= 15 is 0 Å². The molecule has 2 saturated heterocycles. The van der Waals surface area contributed by atoms with Gasteiger partial charge in [0.05, 0.1) is 6.61 Å². The van der Waals surface area contributed by atoms with Gasteiger partial charge in [0.25, 0.3) is 0 Å². The van der Waals surface area contributed by atoms with Crippen LogP contribution >= 0.6 is 0 Å². The third kappa shape index (κ3) is 6.89. The zero-order valence-electron chi connectivity index (χ0n) is 28.3. The van der Waals surface area contributed by atoms with E-state index in [0.717, 1.165) is 38.8 Å². The van der Waals surface area contributed by atoms with Crippen LogP contribution in [0.15, 0.2) is 0 Å². The van der Waals surface area contributed by atoms with Crippen LogP contribution in [0.2, 0.25) is 0 Å². The number of aromatic nitrogens is 2. The summed E-state index contributed by atoms with van der Waals surface area (Å²) < 4.78 is 5.40. The monoisotopic (exact) mass is 627 g/mol. The Morgan fingerprint density at radius 2 is 1.44 bits per heavy atom. The highest BCUT2D eigenvalue weighted by molar-refractivity contribution is 6.05. The molecule has 2 aliphatic heterocycles. The first-order valence-corrected chi connectivity index (χ1v) is 17.1. The van der Waals surface area contributed by atoms with Crippen LogP contribution < -0.4 is 14.7 Å². The van der Waals surface area contributed by atoms with Gasteiger partial charge >= 0.3 is 5.97 Å². The molecule has 12 heteroatoms. The number of anilines is 3. The van der Waals surface area contributed by atoms with Crippen molar-refractivity contribution < 1.29 is 23.9 Å². The number of carbonyl (C=O) groups excluding carboxylic acids is 4. The van der Waals surface area contributed by atoms with Crippen molar-refractivity contribution in [3.63, 3.8) is 0 Å². The fourth-order valence-electron chi connectivity index (χ4n) is 7.19.